The zero-order chi connectivity index (χ0) is 13.2. The van der Waals surface area contributed by atoms with Gasteiger partial charge in [0.2, 0.25) is 0 Å². The van der Waals surface area contributed by atoms with E-state index < -0.39 is 0 Å². The summed E-state index contributed by atoms with van der Waals surface area (Å²) in [6.07, 6.45) is 5.38. The fraction of sp³-hybridized carbons (Fsp3) is 0.0625. The Bertz CT molecular complexity index is 700. The number of nitrogens with zero attached hydrogens (tertiary/aromatic N) is 2. The largest absolute Gasteiger partial charge is 0.397 e. The Morgan fingerprint density at radius 3 is 2.58 bits per heavy atom. The van der Waals surface area contributed by atoms with E-state index in [2.05, 4.69) is 42.2 Å². The molecule has 3 aromatic rings. The smallest absolute Gasteiger partial charge is 0.0992 e. The van der Waals surface area contributed by atoms with Gasteiger partial charge in [-0.25, -0.2) is 4.98 Å². The Balaban J connectivity index is 2.05. The van der Waals surface area contributed by atoms with Gasteiger partial charge in [-0.05, 0) is 30.2 Å². The molecule has 0 amide bonds. The minimum Gasteiger partial charge on any atom is -0.397 e. The fourth-order valence-corrected chi connectivity index (χ4v) is 2.20. The minimum atomic E-state index is 0.747. The van der Waals surface area contributed by atoms with E-state index in [1.807, 2.05) is 22.9 Å². The lowest BCUT2D eigenvalue weighted by Crippen LogP contribution is -1.97. The molecular formula is C16H15N3. The quantitative estimate of drug-likeness (QED) is 0.707. The van der Waals surface area contributed by atoms with Gasteiger partial charge in [0.05, 0.1) is 17.7 Å². The molecule has 0 saturated carbocycles. The van der Waals surface area contributed by atoms with Crippen molar-refractivity contribution in [2.24, 2.45) is 0 Å². The van der Waals surface area contributed by atoms with E-state index in [1.54, 1.807) is 12.5 Å². The summed E-state index contributed by atoms with van der Waals surface area (Å²) in [7, 11) is 0. The molecule has 3 heteroatoms. The molecular weight excluding hydrogens is 234 g/mol. The molecule has 1 aromatic heterocycles. The van der Waals surface area contributed by atoms with Crippen molar-refractivity contribution in [3.8, 4) is 16.8 Å². The Kier molecular flexibility index (Phi) is 2.80. The second-order valence-electron chi connectivity index (χ2n) is 4.61. The number of benzene rings is 2. The third-order valence-electron chi connectivity index (χ3n) is 3.16. The minimum absolute atomic E-state index is 0.747. The first-order chi connectivity index (χ1) is 9.24. The molecule has 0 spiro atoms. The first-order valence-electron chi connectivity index (χ1n) is 6.19. The fourth-order valence-electron chi connectivity index (χ4n) is 2.20. The molecule has 94 valence electrons. The normalized spacial score (nSPS) is 10.6. The van der Waals surface area contributed by atoms with Gasteiger partial charge in [0.25, 0.3) is 0 Å². The molecule has 2 aromatic carbocycles. The van der Waals surface area contributed by atoms with Crippen molar-refractivity contribution in [1.82, 2.24) is 9.55 Å². The van der Waals surface area contributed by atoms with Gasteiger partial charge in [0.1, 0.15) is 0 Å². The van der Waals surface area contributed by atoms with Gasteiger partial charge in [-0.1, -0.05) is 35.9 Å². The second-order valence-corrected chi connectivity index (χ2v) is 4.61. The highest BCUT2D eigenvalue weighted by Gasteiger charge is 2.04. The summed E-state index contributed by atoms with van der Waals surface area (Å²) in [4.78, 5) is 4.04. The average molecular weight is 249 g/mol. The van der Waals surface area contributed by atoms with Crippen molar-refractivity contribution >= 4 is 5.69 Å². The van der Waals surface area contributed by atoms with Crippen molar-refractivity contribution in [1.29, 1.82) is 0 Å². The van der Waals surface area contributed by atoms with Gasteiger partial charge in [-0.15, -0.1) is 0 Å². The lowest BCUT2D eigenvalue weighted by Gasteiger charge is -2.09. The van der Waals surface area contributed by atoms with Crippen molar-refractivity contribution in [3.63, 3.8) is 0 Å². The summed E-state index contributed by atoms with van der Waals surface area (Å²) in [5.41, 5.74) is 11.4. The van der Waals surface area contributed by atoms with Crippen LogP contribution < -0.4 is 5.73 Å². The highest BCUT2D eigenvalue weighted by Crippen LogP contribution is 2.26. The Hall–Kier alpha value is -2.55. The number of aromatic nitrogens is 2. The van der Waals surface area contributed by atoms with Crippen LogP contribution in [0.2, 0.25) is 0 Å². The standard InChI is InChI=1S/C16H15N3/c1-12-3-2-4-13(9-12)14-5-6-16(15(17)10-14)19-8-7-18-11-19/h2-11H,17H2,1H3. The van der Waals surface area contributed by atoms with Crippen molar-refractivity contribution in [3.05, 3.63) is 66.7 Å². The van der Waals surface area contributed by atoms with Crippen LogP contribution in [0.3, 0.4) is 0 Å². The van der Waals surface area contributed by atoms with Crippen molar-refractivity contribution < 1.29 is 0 Å². The molecule has 0 saturated heterocycles. The predicted octanol–water partition coefficient (Wildman–Crippen LogP) is 3.43. The molecule has 19 heavy (non-hydrogen) atoms. The van der Waals surface area contributed by atoms with Gasteiger partial charge in [0.15, 0.2) is 0 Å². The number of imidazole rings is 1. The number of nitrogen functional groups attached to an aromatic ring is 1. The molecule has 0 aliphatic rings. The Morgan fingerprint density at radius 2 is 1.89 bits per heavy atom. The summed E-state index contributed by atoms with van der Waals surface area (Å²) >= 11 is 0. The van der Waals surface area contributed by atoms with Crippen LogP contribution in [0.5, 0.6) is 0 Å². The molecule has 0 aliphatic carbocycles. The molecule has 3 nitrogen and oxygen atoms in total. The monoisotopic (exact) mass is 249 g/mol. The maximum atomic E-state index is 6.14. The molecule has 0 aliphatic heterocycles. The van der Waals surface area contributed by atoms with Gasteiger partial charge < -0.3 is 10.3 Å². The first-order valence-corrected chi connectivity index (χ1v) is 6.19. The van der Waals surface area contributed by atoms with E-state index in [9.17, 15) is 0 Å². The molecule has 0 bridgehead atoms. The number of hydrogen-bond acceptors (Lipinski definition) is 2. The zero-order valence-electron chi connectivity index (χ0n) is 10.7. The first kappa shape index (κ1) is 11.5. The zero-order valence-corrected chi connectivity index (χ0v) is 10.7. The van der Waals surface area contributed by atoms with E-state index in [1.165, 1.54) is 11.1 Å². The molecule has 0 fully saturated rings. The van der Waals surface area contributed by atoms with Crippen LogP contribution >= 0.6 is 0 Å². The lowest BCUT2D eigenvalue weighted by atomic mass is 10.0. The Morgan fingerprint density at radius 1 is 1.05 bits per heavy atom. The maximum Gasteiger partial charge on any atom is 0.0992 e. The number of nitrogens with two attached hydrogens (primary N) is 1. The van der Waals surface area contributed by atoms with Crippen LogP contribution in [0.15, 0.2) is 61.2 Å². The summed E-state index contributed by atoms with van der Waals surface area (Å²) in [6, 6.07) is 14.5. The number of hydrogen-bond donors (Lipinski definition) is 1. The number of aryl methyl sites for hydroxylation is 1. The molecule has 0 atom stereocenters. The van der Waals surface area contributed by atoms with Crippen LogP contribution in [0.25, 0.3) is 16.8 Å². The van der Waals surface area contributed by atoms with Crippen molar-refractivity contribution in [2.45, 2.75) is 6.92 Å². The van der Waals surface area contributed by atoms with Gasteiger partial charge in [-0.2, -0.15) is 0 Å². The Labute approximate surface area is 112 Å². The molecule has 1 heterocycles. The predicted molar refractivity (Wildman–Crippen MR) is 78.1 cm³/mol. The molecule has 0 unspecified atom stereocenters. The second kappa shape index (κ2) is 4.61. The van der Waals surface area contributed by atoms with Gasteiger partial charge in [0, 0.05) is 12.4 Å². The van der Waals surface area contributed by atoms with E-state index in [0.29, 0.717) is 0 Å². The van der Waals surface area contributed by atoms with E-state index in [0.717, 1.165) is 16.9 Å². The summed E-state index contributed by atoms with van der Waals surface area (Å²) < 4.78 is 1.91. The molecule has 3 rings (SSSR count). The summed E-state index contributed by atoms with van der Waals surface area (Å²) in [5.74, 6) is 0. The number of rotatable bonds is 2. The van der Waals surface area contributed by atoms with Gasteiger partial charge in [-0.3, -0.25) is 0 Å². The third-order valence-corrected chi connectivity index (χ3v) is 3.16. The van der Waals surface area contributed by atoms with Crippen LogP contribution in [-0.4, -0.2) is 9.55 Å². The SMILES string of the molecule is Cc1cccc(-c2ccc(-n3ccnc3)c(N)c2)c1. The summed E-state index contributed by atoms with van der Waals surface area (Å²) in [5, 5.41) is 0. The highest BCUT2D eigenvalue weighted by molar-refractivity contribution is 5.72. The molecule has 2 N–H and O–H groups in total. The van der Waals surface area contributed by atoms with Crippen LogP contribution in [0, 0.1) is 6.92 Å². The van der Waals surface area contributed by atoms with E-state index in [4.69, 9.17) is 5.73 Å². The van der Waals surface area contributed by atoms with Crippen molar-refractivity contribution in [2.75, 3.05) is 5.73 Å². The van der Waals surface area contributed by atoms with E-state index in [-0.39, 0.29) is 0 Å². The third kappa shape index (κ3) is 2.22. The highest BCUT2D eigenvalue weighted by atomic mass is 15.0. The average Bonchev–Trinajstić information content (AvgIpc) is 2.92. The van der Waals surface area contributed by atoms with Crippen LogP contribution in [0.1, 0.15) is 5.56 Å². The summed E-state index contributed by atoms with van der Waals surface area (Å²) in [6.45, 7) is 2.09. The lowest BCUT2D eigenvalue weighted by molar-refractivity contribution is 1.06. The molecule has 0 radical (unpaired) electrons. The number of anilines is 1. The topological polar surface area (TPSA) is 43.8 Å². The van der Waals surface area contributed by atoms with Gasteiger partial charge >= 0.3 is 0 Å². The van der Waals surface area contributed by atoms with E-state index >= 15 is 0 Å². The van der Waals surface area contributed by atoms with Crippen LogP contribution in [0.4, 0.5) is 5.69 Å². The van der Waals surface area contributed by atoms with Crippen LogP contribution in [-0.2, 0) is 0 Å². The maximum absolute atomic E-state index is 6.14.